The number of hydrogen-bond acceptors (Lipinski definition) is 8. The van der Waals surface area contributed by atoms with Crippen molar-refractivity contribution in [3.63, 3.8) is 0 Å². The minimum absolute atomic E-state index is 0.0152. The summed E-state index contributed by atoms with van der Waals surface area (Å²) in [4.78, 5) is 26.8. The largest absolute Gasteiger partial charge is 0.481 e. The molecular weight excluding hydrogens is 508 g/mol. The molecule has 0 unspecified atom stereocenters. The Kier molecular flexibility index (Phi) is 9.88. The van der Waals surface area contributed by atoms with E-state index < -0.39 is 12.3 Å². The molecule has 2 heterocycles. The Hall–Kier alpha value is -3.25. The maximum atomic E-state index is 12.0. The maximum absolute atomic E-state index is 12.0. The van der Waals surface area contributed by atoms with Gasteiger partial charge in [0.05, 0.1) is 18.8 Å². The molecular formula is C27H32N4O6S. The van der Waals surface area contributed by atoms with Gasteiger partial charge in [-0.05, 0) is 23.1 Å². The van der Waals surface area contributed by atoms with Crippen molar-refractivity contribution in [3.8, 4) is 0 Å². The van der Waals surface area contributed by atoms with Crippen molar-refractivity contribution in [1.82, 2.24) is 20.5 Å². The zero-order valence-electron chi connectivity index (χ0n) is 21.1. The molecule has 4 rings (SSSR count). The van der Waals surface area contributed by atoms with Crippen molar-refractivity contribution in [1.29, 1.82) is 0 Å². The smallest absolute Gasteiger partial charge is 0.303 e. The van der Waals surface area contributed by atoms with E-state index in [0.29, 0.717) is 18.7 Å². The van der Waals surface area contributed by atoms with Crippen LogP contribution in [0.5, 0.6) is 0 Å². The normalized spacial score (nSPS) is 21.2. The topological polar surface area (TPSA) is 147 Å². The first kappa shape index (κ1) is 27.8. The van der Waals surface area contributed by atoms with E-state index >= 15 is 0 Å². The minimum Gasteiger partial charge on any atom is -0.481 e. The quantitative estimate of drug-likeness (QED) is 0.252. The number of nitrogens with zero attached hydrogens (tertiary/aromatic N) is 2. The average molecular weight is 541 g/mol. The van der Waals surface area contributed by atoms with Gasteiger partial charge < -0.3 is 25.0 Å². The van der Waals surface area contributed by atoms with Crippen molar-refractivity contribution in [2.75, 3.05) is 5.75 Å². The number of aliphatic hydroxyl groups is 1. The molecule has 2 aromatic carbocycles. The van der Waals surface area contributed by atoms with E-state index in [4.69, 9.17) is 14.6 Å². The molecule has 1 aliphatic rings. The van der Waals surface area contributed by atoms with Crippen LogP contribution in [0.3, 0.4) is 0 Å². The second-order valence-electron chi connectivity index (χ2n) is 9.19. The Balaban J connectivity index is 1.43. The average Bonchev–Trinajstić information content (AvgIpc) is 3.45. The molecule has 10 nitrogen and oxygen atoms in total. The van der Waals surface area contributed by atoms with Gasteiger partial charge in [-0.15, -0.1) is 0 Å². The third-order valence-electron chi connectivity index (χ3n) is 6.44. The zero-order chi connectivity index (χ0) is 26.9. The van der Waals surface area contributed by atoms with Gasteiger partial charge in [-0.1, -0.05) is 67.2 Å². The van der Waals surface area contributed by atoms with E-state index in [1.807, 2.05) is 48.5 Å². The number of rotatable bonds is 12. The van der Waals surface area contributed by atoms with Gasteiger partial charge in [0.2, 0.25) is 5.91 Å². The van der Waals surface area contributed by atoms with E-state index in [1.54, 1.807) is 11.8 Å². The van der Waals surface area contributed by atoms with E-state index in [-0.39, 0.29) is 43.5 Å². The summed E-state index contributed by atoms with van der Waals surface area (Å²) >= 11 is 1.54. The molecule has 4 N–H and O–H groups in total. The van der Waals surface area contributed by atoms with Gasteiger partial charge in [0.25, 0.3) is 0 Å². The summed E-state index contributed by atoms with van der Waals surface area (Å²) in [6.07, 6.45) is 1.02. The lowest BCUT2D eigenvalue weighted by molar-refractivity contribution is -0.268. The molecule has 4 atom stereocenters. The molecule has 1 saturated heterocycles. The number of hydrogen-bond donors (Lipinski definition) is 4. The van der Waals surface area contributed by atoms with Crippen LogP contribution >= 0.6 is 11.8 Å². The van der Waals surface area contributed by atoms with Crippen LogP contribution in [0.15, 0.2) is 60.0 Å². The molecule has 3 aromatic rings. The van der Waals surface area contributed by atoms with Crippen LogP contribution in [0.4, 0.5) is 0 Å². The molecule has 11 heteroatoms. The predicted octanol–water partition coefficient (Wildman–Crippen LogP) is 3.75. The Morgan fingerprint density at radius 1 is 1.03 bits per heavy atom. The first-order chi connectivity index (χ1) is 18.4. The number of ether oxygens (including phenoxy) is 2. The van der Waals surface area contributed by atoms with Gasteiger partial charge in [0, 0.05) is 36.6 Å². The predicted molar refractivity (Wildman–Crippen MR) is 140 cm³/mol. The third kappa shape index (κ3) is 7.64. The van der Waals surface area contributed by atoms with Crippen LogP contribution in [-0.4, -0.2) is 49.1 Å². The van der Waals surface area contributed by atoms with E-state index in [0.717, 1.165) is 27.4 Å². The minimum atomic E-state index is -0.904. The number of amides is 1. The molecule has 1 aliphatic heterocycles. The van der Waals surface area contributed by atoms with Crippen molar-refractivity contribution >= 4 is 23.6 Å². The number of aromatic amines is 1. The number of carbonyl (C=O) groups is 2. The number of aliphatic hydroxyl groups excluding tert-OH is 1. The number of carboxylic acid groups (broad SMARTS) is 1. The lowest BCUT2D eigenvalue weighted by Gasteiger charge is -2.41. The number of nitrogens with one attached hydrogen (secondary N) is 2. The second kappa shape index (κ2) is 13.5. The van der Waals surface area contributed by atoms with Gasteiger partial charge >= 0.3 is 5.97 Å². The highest BCUT2D eigenvalue weighted by molar-refractivity contribution is 7.99. The van der Waals surface area contributed by atoms with Crippen LogP contribution in [0.1, 0.15) is 60.8 Å². The van der Waals surface area contributed by atoms with Crippen molar-refractivity contribution < 1.29 is 29.3 Å². The standard InChI is InChI=1S/C27H32N4O6S/c1-17-22(15-38-27-29-16-30-31-27)36-26(37-25(17)20-9-7-19(14-32)8-10-20)21-11-5-18(6-12-21)13-28-23(33)3-2-4-24(34)35/h5-12,16-17,22,25-26,32H,2-4,13-15H2,1H3,(H,28,33)(H,34,35)(H,29,30,31)/t17-,22+,25+,26+/m1/s1. The summed E-state index contributed by atoms with van der Waals surface area (Å²) in [5.41, 5.74) is 3.63. The fourth-order valence-corrected chi connectivity index (χ4v) is 5.16. The number of benzene rings is 2. The molecule has 202 valence electrons. The van der Waals surface area contributed by atoms with Gasteiger partial charge in [-0.2, -0.15) is 5.10 Å². The summed E-state index contributed by atoms with van der Waals surface area (Å²) in [5, 5.41) is 28.5. The highest BCUT2D eigenvalue weighted by Gasteiger charge is 2.38. The van der Waals surface area contributed by atoms with Crippen molar-refractivity contribution in [2.24, 2.45) is 5.92 Å². The summed E-state index contributed by atoms with van der Waals surface area (Å²) in [6, 6.07) is 15.5. The molecule has 1 fully saturated rings. The third-order valence-corrected chi connectivity index (χ3v) is 7.40. The second-order valence-corrected chi connectivity index (χ2v) is 10.2. The summed E-state index contributed by atoms with van der Waals surface area (Å²) in [7, 11) is 0. The van der Waals surface area contributed by atoms with Crippen LogP contribution in [0.2, 0.25) is 0 Å². The van der Waals surface area contributed by atoms with Gasteiger partial charge in [-0.3, -0.25) is 14.7 Å². The van der Waals surface area contributed by atoms with Gasteiger partial charge in [0.1, 0.15) is 6.33 Å². The number of thioether (sulfide) groups is 1. The summed E-state index contributed by atoms with van der Waals surface area (Å²) < 4.78 is 12.9. The highest BCUT2D eigenvalue weighted by atomic mass is 32.2. The number of carboxylic acids is 1. The highest BCUT2D eigenvalue weighted by Crippen LogP contribution is 2.42. The Morgan fingerprint density at radius 2 is 1.74 bits per heavy atom. The monoisotopic (exact) mass is 540 g/mol. The Bertz CT molecular complexity index is 1170. The van der Waals surface area contributed by atoms with Crippen molar-refractivity contribution in [2.45, 2.75) is 63.0 Å². The molecule has 1 aromatic heterocycles. The van der Waals surface area contributed by atoms with Crippen LogP contribution in [0, 0.1) is 5.92 Å². The van der Waals surface area contributed by atoms with Gasteiger partial charge in [-0.25, -0.2) is 4.98 Å². The zero-order valence-corrected chi connectivity index (χ0v) is 21.9. The molecule has 0 aliphatic carbocycles. The fourth-order valence-electron chi connectivity index (χ4n) is 4.22. The molecule has 0 radical (unpaired) electrons. The van der Waals surface area contributed by atoms with Crippen molar-refractivity contribution in [3.05, 3.63) is 77.1 Å². The number of carbonyl (C=O) groups excluding carboxylic acids is 1. The van der Waals surface area contributed by atoms with Crippen LogP contribution < -0.4 is 5.32 Å². The number of aliphatic carboxylic acids is 1. The van der Waals surface area contributed by atoms with E-state index in [9.17, 15) is 14.7 Å². The molecule has 0 bridgehead atoms. The molecule has 1 amide bonds. The lowest BCUT2D eigenvalue weighted by Crippen LogP contribution is -2.38. The number of aromatic nitrogens is 3. The van der Waals surface area contributed by atoms with Gasteiger partial charge in [0.15, 0.2) is 11.4 Å². The first-order valence-electron chi connectivity index (χ1n) is 12.5. The Morgan fingerprint density at radius 3 is 2.39 bits per heavy atom. The van der Waals surface area contributed by atoms with Crippen LogP contribution in [-0.2, 0) is 32.2 Å². The number of H-pyrrole nitrogens is 1. The van der Waals surface area contributed by atoms with E-state index in [2.05, 4.69) is 27.4 Å². The molecule has 0 spiro atoms. The SMILES string of the molecule is C[C@@H]1[C@H](CSc2ncn[nH]2)O[C@H](c2ccc(CNC(=O)CCCC(=O)O)cc2)O[C@@H]1c1ccc(CO)cc1. The molecule has 38 heavy (non-hydrogen) atoms. The fraction of sp³-hybridized carbons (Fsp3) is 0.407. The maximum Gasteiger partial charge on any atom is 0.303 e. The van der Waals surface area contributed by atoms with E-state index in [1.165, 1.54) is 6.33 Å². The lowest BCUT2D eigenvalue weighted by atomic mass is 9.91. The summed E-state index contributed by atoms with van der Waals surface area (Å²) in [5.74, 6) is -0.367. The first-order valence-corrected chi connectivity index (χ1v) is 13.5. The molecule has 0 saturated carbocycles. The van der Waals surface area contributed by atoms with Crippen LogP contribution in [0.25, 0.3) is 0 Å². The summed E-state index contributed by atoms with van der Waals surface area (Å²) in [6.45, 7) is 2.44. The Labute approximate surface area is 225 Å².